The van der Waals surface area contributed by atoms with E-state index in [0.29, 0.717) is 11.0 Å². The zero-order chi connectivity index (χ0) is 15.7. The minimum absolute atomic E-state index is 0.0216. The molecule has 1 aliphatic heterocycles. The molecule has 3 rings (SSSR count). The summed E-state index contributed by atoms with van der Waals surface area (Å²) >= 11 is 1.54. The molecule has 1 amide bonds. The Kier molecular flexibility index (Phi) is 4.27. The predicted octanol–water partition coefficient (Wildman–Crippen LogP) is 3.22. The van der Waals surface area contributed by atoms with E-state index < -0.39 is 0 Å². The van der Waals surface area contributed by atoms with Crippen molar-refractivity contribution in [3.8, 4) is 11.3 Å². The molecule has 22 heavy (non-hydrogen) atoms. The second-order valence-electron chi connectivity index (χ2n) is 5.99. The zero-order valence-electron chi connectivity index (χ0n) is 13.1. The summed E-state index contributed by atoms with van der Waals surface area (Å²) in [7, 11) is 0. The maximum Gasteiger partial charge on any atom is 0.229 e. The lowest BCUT2D eigenvalue weighted by atomic mass is 9.88. The van der Waals surface area contributed by atoms with Gasteiger partial charge < -0.3 is 10.6 Å². The van der Waals surface area contributed by atoms with Gasteiger partial charge in [-0.05, 0) is 32.9 Å². The number of aryl methyl sites for hydroxylation is 2. The van der Waals surface area contributed by atoms with Crippen molar-refractivity contribution in [2.75, 3.05) is 18.4 Å². The Bertz CT molecular complexity index is 674. The quantitative estimate of drug-likeness (QED) is 0.911. The van der Waals surface area contributed by atoms with Crippen molar-refractivity contribution in [1.82, 2.24) is 10.3 Å². The van der Waals surface area contributed by atoms with E-state index in [2.05, 4.69) is 46.8 Å². The number of nitrogens with one attached hydrogen (secondary N) is 2. The molecule has 2 aromatic rings. The Labute approximate surface area is 135 Å². The lowest BCUT2D eigenvalue weighted by Crippen LogP contribution is -2.48. The Balaban J connectivity index is 1.74. The molecule has 5 heteroatoms. The maximum absolute atomic E-state index is 12.3. The standard InChI is InChI=1S/C17H21N3OS/c1-10-4-6-13(7-5-10)15-12(3)22-17(19-15)20-16(21)11(2)14-8-18-9-14/h4-7,11,14,18H,8-9H2,1-3H3,(H,19,20,21). The average molecular weight is 315 g/mol. The molecule has 2 heterocycles. The predicted molar refractivity (Wildman–Crippen MR) is 91.2 cm³/mol. The fourth-order valence-corrected chi connectivity index (χ4v) is 3.37. The number of hydrogen-bond donors (Lipinski definition) is 2. The van der Waals surface area contributed by atoms with Crippen molar-refractivity contribution < 1.29 is 4.79 Å². The minimum Gasteiger partial charge on any atom is -0.316 e. The maximum atomic E-state index is 12.3. The molecule has 116 valence electrons. The number of thiazole rings is 1. The first-order valence-corrected chi connectivity index (χ1v) is 8.42. The van der Waals surface area contributed by atoms with Gasteiger partial charge in [0.1, 0.15) is 0 Å². The molecule has 2 N–H and O–H groups in total. The summed E-state index contributed by atoms with van der Waals surface area (Å²) in [6, 6.07) is 8.31. The molecule has 0 spiro atoms. The molecular weight excluding hydrogens is 294 g/mol. The van der Waals surface area contributed by atoms with E-state index in [1.54, 1.807) is 0 Å². The first kappa shape index (κ1) is 15.2. The minimum atomic E-state index is 0.0216. The second-order valence-corrected chi connectivity index (χ2v) is 7.19. The van der Waals surface area contributed by atoms with E-state index in [4.69, 9.17) is 0 Å². The lowest BCUT2D eigenvalue weighted by molar-refractivity contribution is -0.121. The van der Waals surface area contributed by atoms with Crippen molar-refractivity contribution >= 4 is 22.4 Å². The van der Waals surface area contributed by atoms with Crippen molar-refractivity contribution in [3.05, 3.63) is 34.7 Å². The highest BCUT2D eigenvalue weighted by Crippen LogP contribution is 2.31. The van der Waals surface area contributed by atoms with Gasteiger partial charge in [0, 0.05) is 16.4 Å². The number of nitrogens with zero attached hydrogens (tertiary/aromatic N) is 1. The van der Waals surface area contributed by atoms with Crippen molar-refractivity contribution in [2.45, 2.75) is 20.8 Å². The Morgan fingerprint density at radius 3 is 2.59 bits per heavy atom. The van der Waals surface area contributed by atoms with Crippen molar-refractivity contribution in [1.29, 1.82) is 0 Å². The summed E-state index contributed by atoms with van der Waals surface area (Å²) in [6.07, 6.45) is 0. The number of hydrogen-bond acceptors (Lipinski definition) is 4. The average Bonchev–Trinajstić information content (AvgIpc) is 2.78. The van der Waals surface area contributed by atoms with Gasteiger partial charge in [-0.25, -0.2) is 4.98 Å². The fraction of sp³-hybridized carbons (Fsp3) is 0.412. The molecular formula is C17H21N3OS. The van der Waals surface area contributed by atoms with Gasteiger partial charge in [-0.1, -0.05) is 36.8 Å². The van der Waals surface area contributed by atoms with Gasteiger partial charge in [0.15, 0.2) is 5.13 Å². The van der Waals surface area contributed by atoms with Crippen LogP contribution in [0.2, 0.25) is 0 Å². The van der Waals surface area contributed by atoms with Crippen LogP contribution in [0.4, 0.5) is 5.13 Å². The van der Waals surface area contributed by atoms with E-state index in [1.807, 2.05) is 13.8 Å². The SMILES string of the molecule is Cc1ccc(-c2nc(NC(=O)C(C)C3CNC3)sc2C)cc1. The smallest absolute Gasteiger partial charge is 0.229 e. The summed E-state index contributed by atoms with van der Waals surface area (Å²) < 4.78 is 0. The highest BCUT2D eigenvalue weighted by molar-refractivity contribution is 7.16. The Hall–Kier alpha value is -1.72. The summed E-state index contributed by atoms with van der Waals surface area (Å²) in [4.78, 5) is 18.0. The van der Waals surface area contributed by atoms with Crippen LogP contribution in [0, 0.1) is 25.7 Å². The van der Waals surface area contributed by atoms with E-state index in [9.17, 15) is 4.79 Å². The van der Waals surface area contributed by atoms with Crippen molar-refractivity contribution in [2.24, 2.45) is 11.8 Å². The van der Waals surface area contributed by atoms with Crippen LogP contribution in [-0.4, -0.2) is 24.0 Å². The largest absolute Gasteiger partial charge is 0.316 e. The molecule has 1 aromatic carbocycles. The van der Waals surface area contributed by atoms with Gasteiger partial charge in [0.05, 0.1) is 5.69 Å². The van der Waals surface area contributed by atoms with Crippen LogP contribution < -0.4 is 10.6 Å². The van der Waals surface area contributed by atoms with Crippen LogP contribution in [-0.2, 0) is 4.79 Å². The molecule has 1 saturated heterocycles. The van der Waals surface area contributed by atoms with Gasteiger partial charge in [-0.3, -0.25) is 4.79 Å². The van der Waals surface area contributed by atoms with Gasteiger partial charge >= 0.3 is 0 Å². The Morgan fingerprint density at radius 1 is 1.32 bits per heavy atom. The number of amides is 1. The molecule has 1 fully saturated rings. The molecule has 0 aliphatic carbocycles. The van der Waals surface area contributed by atoms with Crippen LogP contribution in [0.15, 0.2) is 24.3 Å². The third-order valence-corrected chi connectivity index (χ3v) is 5.17. The first-order valence-electron chi connectivity index (χ1n) is 7.60. The monoisotopic (exact) mass is 315 g/mol. The third-order valence-electron chi connectivity index (χ3n) is 4.29. The zero-order valence-corrected chi connectivity index (χ0v) is 14.0. The van der Waals surface area contributed by atoms with Gasteiger partial charge in [-0.15, -0.1) is 11.3 Å². The highest BCUT2D eigenvalue weighted by Gasteiger charge is 2.29. The van der Waals surface area contributed by atoms with Gasteiger partial charge in [0.25, 0.3) is 0 Å². The fourth-order valence-electron chi connectivity index (χ4n) is 2.53. The topological polar surface area (TPSA) is 54.0 Å². The van der Waals surface area contributed by atoms with Crippen LogP contribution in [0.3, 0.4) is 0 Å². The van der Waals surface area contributed by atoms with Crippen LogP contribution in [0.5, 0.6) is 0 Å². The molecule has 1 aliphatic rings. The van der Waals surface area contributed by atoms with E-state index in [0.717, 1.165) is 29.2 Å². The molecule has 1 atom stereocenters. The third kappa shape index (κ3) is 3.05. The number of carbonyl (C=O) groups excluding carboxylic acids is 1. The number of rotatable bonds is 4. The lowest BCUT2D eigenvalue weighted by Gasteiger charge is -2.31. The summed E-state index contributed by atoms with van der Waals surface area (Å²) in [5.74, 6) is 0.529. The molecule has 1 unspecified atom stereocenters. The van der Waals surface area contributed by atoms with Crippen LogP contribution >= 0.6 is 11.3 Å². The summed E-state index contributed by atoms with van der Waals surface area (Å²) in [5, 5.41) is 6.87. The Morgan fingerprint density at radius 2 is 2.00 bits per heavy atom. The first-order chi connectivity index (χ1) is 10.5. The number of aromatic nitrogens is 1. The van der Waals surface area contributed by atoms with Gasteiger partial charge in [-0.2, -0.15) is 0 Å². The van der Waals surface area contributed by atoms with Crippen LogP contribution in [0.1, 0.15) is 17.4 Å². The number of anilines is 1. The summed E-state index contributed by atoms with van der Waals surface area (Å²) in [5.41, 5.74) is 3.28. The van der Waals surface area contributed by atoms with Crippen LogP contribution in [0.25, 0.3) is 11.3 Å². The molecule has 1 aromatic heterocycles. The molecule has 4 nitrogen and oxygen atoms in total. The molecule has 0 radical (unpaired) electrons. The van der Waals surface area contributed by atoms with Gasteiger partial charge in [0.2, 0.25) is 5.91 Å². The normalized spacial score (nSPS) is 16.1. The van der Waals surface area contributed by atoms with E-state index in [-0.39, 0.29) is 11.8 Å². The number of carbonyl (C=O) groups is 1. The molecule has 0 saturated carbocycles. The number of benzene rings is 1. The van der Waals surface area contributed by atoms with Crippen molar-refractivity contribution in [3.63, 3.8) is 0 Å². The van der Waals surface area contributed by atoms with E-state index in [1.165, 1.54) is 16.9 Å². The van der Waals surface area contributed by atoms with E-state index >= 15 is 0 Å². The molecule has 0 bridgehead atoms. The second kappa shape index (κ2) is 6.18. The summed E-state index contributed by atoms with van der Waals surface area (Å²) in [6.45, 7) is 7.96. The highest BCUT2D eigenvalue weighted by atomic mass is 32.1.